The lowest BCUT2D eigenvalue weighted by molar-refractivity contribution is 0.0263. The normalized spacial score (nSPS) is 15.7. The van der Waals surface area contributed by atoms with Gasteiger partial charge in [-0.15, -0.1) is 24.0 Å². The van der Waals surface area contributed by atoms with Gasteiger partial charge in [0.1, 0.15) is 12.4 Å². The number of hydrogen-bond acceptors (Lipinski definition) is 3. The molecule has 1 fully saturated rings. The first-order valence-corrected chi connectivity index (χ1v) is 9.44. The number of nitrogens with zero attached hydrogens (tertiary/aromatic N) is 2. The summed E-state index contributed by atoms with van der Waals surface area (Å²) < 4.78 is 11.7. The fourth-order valence-electron chi connectivity index (χ4n) is 3.22. The summed E-state index contributed by atoms with van der Waals surface area (Å²) >= 11 is 0. The minimum Gasteiger partial charge on any atom is -0.491 e. The van der Waals surface area contributed by atoms with E-state index in [4.69, 9.17) is 9.47 Å². The molecular weight excluding hydrogens is 441 g/mol. The second kappa shape index (κ2) is 12.4. The molecule has 0 radical (unpaired) electrons. The Kier molecular flexibility index (Phi) is 11.0. The highest BCUT2D eigenvalue weighted by molar-refractivity contribution is 14.0. The van der Waals surface area contributed by atoms with Crippen molar-refractivity contribution in [3.05, 3.63) is 29.8 Å². The van der Waals surface area contributed by atoms with Crippen molar-refractivity contribution in [1.29, 1.82) is 0 Å². The number of ether oxygens (including phenoxy) is 2. The Morgan fingerprint density at radius 1 is 1.27 bits per heavy atom. The van der Waals surface area contributed by atoms with E-state index in [1.165, 1.54) is 5.56 Å². The molecule has 1 aromatic carbocycles. The minimum atomic E-state index is 0. The van der Waals surface area contributed by atoms with Crippen molar-refractivity contribution in [1.82, 2.24) is 10.2 Å². The molecule has 0 atom stereocenters. The van der Waals surface area contributed by atoms with E-state index >= 15 is 0 Å². The van der Waals surface area contributed by atoms with Crippen LogP contribution < -0.4 is 10.1 Å². The molecule has 0 spiro atoms. The molecule has 0 unspecified atom stereocenters. The Labute approximate surface area is 175 Å². The van der Waals surface area contributed by atoms with Crippen molar-refractivity contribution in [2.24, 2.45) is 4.99 Å². The predicted molar refractivity (Wildman–Crippen MR) is 119 cm³/mol. The highest BCUT2D eigenvalue weighted by Gasteiger charge is 2.21. The molecule has 1 saturated heterocycles. The lowest BCUT2D eigenvalue weighted by Gasteiger charge is -2.34. The van der Waals surface area contributed by atoms with E-state index in [1.807, 2.05) is 19.2 Å². The van der Waals surface area contributed by atoms with Gasteiger partial charge in [-0.3, -0.25) is 4.99 Å². The molecule has 1 heterocycles. The standard InChI is InChI=1S/C20H33N3O2.HI/c1-5-24-17-10-13-23(14-11-17)20(21-4)22-12-15-25-19-9-7-6-8-18(19)16(2)3;/h6-9,16-17H,5,10-15H2,1-4H3,(H,21,22);1H. The van der Waals surface area contributed by atoms with Crippen molar-refractivity contribution in [2.75, 3.05) is 39.9 Å². The molecular formula is C20H34IN3O2. The fourth-order valence-corrected chi connectivity index (χ4v) is 3.22. The summed E-state index contributed by atoms with van der Waals surface area (Å²) in [6.45, 7) is 10.6. The monoisotopic (exact) mass is 475 g/mol. The maximum Gasteiger partial charge on any atom is 0.193 e. The first kappa shape index (κ1) is 23.0. The van der Waals surface area contributed by atoms with E-state index < -0.39 is 0 Å². The van der Waals surface area contributed by atoms with Crippen molar-refractivity contribution in [3.8, 4) is 5.75 Å². The van der Waals surface area contributed by atoms with Crippen molar-refractivity contribution in [2.45, 2.75) is 45.6 Å². The maximum atomic E-state index is 5.97. The molecule has 1 N–H and O–H groups in total. The molecule has 1 aliphatic rings. The van der Waals surface area contributed by atoms with Gasteiger partial charge in [0.25, 0.3) is 0 Å². The number of nitrogens with one attached hydrogen (secondary N) is 1. The van der Waals surface area contributed by atoms with Crippen LogP contribution in [0.5, 0.6) is 5.75 Å². The second-order valence-corrected chi connectivity index (χ2v) is 6.66. The Morgan fingerprint density at radius 2 is 1.96 bits per heavy atom. The summed E-state index contributed by atoms with van der Waals surface area (Å²) in [6, 6.07) is 8.27. The first-order chi connectivity index (χ1) is 12.2. The van der Waals surface area contributed by atoms with E-state index in [-0.39, 0.29) is 24.0 Å². The van der Waals surface area contributed by atoms with Crippen LogP contribution in [0.3, 0.4) is 0 Å². The highest BCUT2D eigenvalue weighted by atomic mass is 127. The fraction of sp³-hybridized carbons (Fsp3) is 0.650. The van der Waals surface area contributed by atoms with Crippen LogP contribution in [0.1, 0.15) is 45.1 Å². The first-order valence-electron chi connectivity index (χ1n) is 9.44. The second-order valence-electron chi connectivity index (χ2n) is 6.66. The Morgan fingerprint density at radius 3 is 2.58 bits per heavy atom. The van der Waals surface area contributed by atoms with Gasteiger partial charge in [0.15, 0.2) is 5.96 Å². The topological polar surface area (TPSA) is 46.1 Å². The van der Waals surface area contributed by atoms with Gasteiger partial charge in [0.05, 0.1) is 12.6 Å². The largest absolute Gasteiger partial charge is 0.491 e. The number of rotatable bonds is 7. The van der Waals surface area contributed by atoms with Crippen LogP contribution in [0.2, 0.25) is 0 Å². The number of para-hydroxylation sites is 1. The van der Waals surface area contributed by atoms with E-state index in [9.17, 15) is 0 Å². The average Bonchev–Trinajstić information content (AvgIpc) is 2.63. The molecule has 0 aliphatic carbocycles. The van der Waals surface area contributed by atoms with Crippen molar-refractivity contribution >= 4 is 29.9 Å². The van der Waals surface area contributed by atoms with Gasteiger partial charge in [-0.25, -0.2) is 0 Å². The van der Waals surface area contributed by atoms with Gasteiger partial charge in [-0.2, -0.15) is 0 Å². The summed E-state index contributed by atoms with van der Waals surface area (Å²) in [5.74, 6) is 2.39. The molecule has 2 rings (SSSR count). The highest BCUT2D eigenvalue weighted by Crippen LogP contribution is 2.25. The number of piperidine rings is 1. The van der Waals surface area contributed by atoms with E-state index in [0.717, 1.165) is 50.8 Å². The number of hydrogen-bond donors (Lipinski definition) is 1. The van der Waals surface area contributed by atoms with E-state index in [2.05, 4.69) is 48.1 Å². The van der Waals surface area contributed by atoms with Crippen LogP contribution in [0.15, 0.2) is 29.3 Å². The Balaban J connectivity index is 0.00000338. The lowest BCUT2D eigenvalue weighted by Crippen LogP contribution is -2.47. The minimum absolute atomic E-state index is 0. The molecule has 6 heteroatoms. The summed E-state index contributed by atoms with van der Waals surface area (Å²) in [5.41, 5.74) is 1.25. The molecule has 1 aromatic rings. The SMILES string of the molecule is CCOC1CCN(C(=NC)NCCOc2ccccc2C(C)C)CC1.I. The molecule has 0 bridgehead atoms. The molecule has 0 saturated carbocycles. The smallest absolute Gasteiger partial charge is 0.193 e. The molecule has 5 nitrogen and oxygen atoms in total. The quantitative estimate of drug-likeness (QED) is 0.282. The van der Waals surface area contributed by atoms with Gasteiger partial charge in [-0.05, 0) is 37.3 Å². The van der Waals surface area contributed by atoms with Gasteiger partial charge in [0.2, 0.25) is 0 Å². The third-order valence-corrected chi connectivity index (χ3v) is 4.54. The van der Waals surface area contributed by atoms with Crippen LogP contribution >= 0.6 is 24.0 Å². The number of aliphatic imine (C=N–C) groups is 1. The summed E-state index contributed by atoms with van der Waals surface area (Å²) in [5, 5.41) is 3.42. The molecule has 148 valence electrons. The van der Waals surface area contributed by atoms with Crippen molar-refractivity contribution in [3.63, 3.8) is 0 Å². The van der Waals surface area contributed by atoms with Crippen LogP contribution in [0, 0.1) is 0 Å². The van der Waals surface area contributed by atoms with E-state index in [0.29, 0.717) is 18.6 Å². The number of halogens is 1. The zero-order chi connectivity index (χ0) is 18.1. The maximum absolute atomic E-state index is 5.97. The summed E-state index contributed by atoms with van der Waals surface area (Å²) in [4.78, 5) is 6.71. The van der Waals surface area contributed by atoms with E-state index in [1.54, 1.807) is 0 Å². The molecule has 0 aromatic heterocycles. The zero-order valence-electron chi connectivity index (χ0n) is 16.5. The third kappa shape index (κ3) is 6.95. The predicted octanol–water partition coefficient (Wildman–Crippen LogP) is 3.88. The van der Waals surface area contributed by atoms with Crippen LogP contribution in [-0.4, -0.2) is 56.9 Å². The third-order valence-electron chi connectivity index (χ3n) is 4.54. The number of benzene rings is 1. The summed E-state index contributed by atoms with van der Waals surface area (Å²) in [7, 11) is 1.84. The van der Waals surface area contributed by atoms with Crippen LogP contribution in [0.25, 0.3) is 0 Å². The van der Waals surface area contributed by atoms with Crippen molar-refractivity contribution < 1.29 is 9.47 Å². The van der Waals surface area contributed by atoms with Gasteiger partial charge in [0, 0.05) is 26.7 Å². The Hall–Kier alpha value is -1.02. The lowest BCUT2D eigenvalue weighted by atomic mass is 10.0. The van der Waals surface area contributed by atoms with Gasteiger partial charge >= 0.3 is 0 Å². The zero-order valence-corrected chi connectivity index (χ0v) is 18.9. The average molecular weight is 475 g/mol. The number of likely N-dealkylation sites (tertiary alicyclic amines) is 1. The van der Waals surface area contributed by atoms with Crippen LogP contribution in [-0.2, 0) is 4.74 Å². The van der Waals surface area contributed by atoms with Crippen LogP contribution in [0.4, 0.5) is 0 Å². The molecule has 26 heavy (non-hydrogen) atoms. The molecule has 1 aliphatic heterocycles. The number of guanidine groups is 1. The van der Waals surface area contributed by atoms with Gasteiger partial charge < -0.3 is 19.7 Å². The Bertz CT molecular complexity index is 544. The molecule has 0 amide bonds. The van der Waals surface area contributed by atoms with Gasteiger partial charge in [-0.1, -0.05) is 32.0 Å². The summed E-state index contributed by atoms with van der Waals surface area (Å²) in [6.07, 6.45) is 2.52.